The number of aromatic amines is 1. The van der Waals surface area contributed by atoms with Crippen LogP contribution in [0, 0.1) is 0 Å². The van der Waals surface area contributed by atoms with Crippen LogP contribution in [0.25, 0.3) is 11.2 Å². The van der Waals surface area contributed by atoms with E-state index in [1.165, 1.54) is 11.8 Å². The zero-order chi connectivity index (χ0) is 11.8. The van der Waals surface area contributed by atoms with Crippen LogP contribution in [0.1, 0.15) is 0 Å². The predicted molar refractivity (Wildman–Crippen MR) is 61.8 cm³/mol. The molecule has 9 heteroatoms. The van der Waals surface area contributed by atoms with Crippen molar-refractivity contribution in [1.82, 2.24) is 34.7 Å². The van der Waals surface area contributed by atoms with Crippen molar-refractivity contribution < 1.29 is 0 Å². The molecule has 0 aliphatic rings. The van der Waals surface area contributed by atoms with Crippen molar-refractivity contribution in [2.75, 3.05) is 0 Å². The summed E-state index contributed by atoms with van der Waals surface area (Å²) in [6.45, 7) is 0. The molecule has 3 aromatic heterocycles. The van der Waals surface area contributed by atoms with E-state index in [0.29, 0.717) is 10.7 Å². The summed E-state index contributed by atoms with van der Waals surface area (Å²) >= 11 is 7.18. The summed E-state index contributed by atoms with van der Waals surface area (Å²) in [6, 6.07) is 0. The first-order valence-electron chi connectivity index (χ1n) is 4.62. The maximum atomic E-state index is 5.83. The minimum Gasteiger partial charge on any atom is -0.341 e. The highest BCUT2D eigenvalue weighted by Gasteiger charge is 2.12. The molecule has 0 atom stereocenters. The van der Waals surface area contributed by atoms with Crippen LogP contribution in [0.15, 0.2) is 22.8 Å². The Labute approximate surface area is 105 Å². The second-order valence-electron chi connectivity index (χ2n) is 3.23. The molecule has 0 aromatic carbocycles. The van der Waals surface area contributed by atoms with E-state index in [0.717, 1.165) is 10.7 Å². The van der Waals surface area contributed by atoms with Gasteiger partial charge in [0, 0.05) is 7.05 Å². The van der Waals surface area contributed by atoms with E-state index in [-0.39, 0.29) is 5.28 Å². The van der Waals surface area contributed by atoms with Gasteiger partial charge >= 0.3 is 0 Å². The van der Waals surface area contributed by atoms with Gasteiger partial charge in [-0.25, -0.2) is 9.97 Å². The lowest BCUT2D eigenvalue weighted by Gasteiger charge is -2.01. The van der Waals surface area contributed by atoms with E-state index >= 15 is 0 Å². The third-order valence-corrected chi connectivity index (χ3v) is 3.29. The van der Waals surface area contributed by atoms with Gasteiger partial charge in [0.15, 0.2) is 10.8 Å². The molecule has 0 spiro atoms. The van der Waals surface area contributed by atoms with Gasteiger partial charge in [0.1, 0.15) is 16.9 Å². The van der Waals surface area contributed by atoms with Crippen molar-refractivity contribution >= 4 is 34.5 Å². The Balaban J connectivity index is 2.11. The van der Waals surface area contributed by atoms with Gasteiger partial charge in [-0.3, -0.25) is 0 Å². The molecule has 1 N–H and O–H groups in total. The van der Waals surface area contributed by atoms with Gasteiger partial charge in [-0.2, -0.15) is 4.98 Å². The highest BCUT2D eigenvalue weighted by Crippen LogP contribution is 2.28. The van der Waals surface area contributed by atoms with Crippen molar-refractivity contribution in [3.05, 3.63) is 17.9 Å². The van der Waals surface area contributed by atoms with Crippen molar-refractivity contribution in [3.8, 4) is 0 Å². The highest BCUT2D eigenvalue weighted by molar-refractivity contribution is 7.99. The van der Waals surface area contributed by atoms with Crippen LogP contribution in [0.4, 0.5) is 0 Å². The van der Waals surface area contributed by atoms with Crippen molar-refractivity contribution in [2.24, 2.45) is 7.05 Å². The van der Waals surface area contributed by atoms with Gasteiger partial charge < -0.3 is 9.55 Å². The molecule has 0 unspecified atom stereocenters. The molecule has 0 saturated carbocycles. The second-order valence-corrected chi connectivity index (χ2v) is 4.52. The molecule has 0 amide bonds. The second kappa shape index (κ2) is 3.97. The Hall–Kier alpha value is -1.67. The van der Waals surface area contributed by atoms with Crippen LogP contribution >= 0.6 is 23.4 Å². The predicted octanol–water partition coefficient (Wildman–Crippen LogP) is 1.29. The maximum Gasteiger partial charge on any atom is 0.225 e. The summed E-state index contributed by atoms with van der Waals surface area (Å²) in [6.07, 6.45) is 3.17. The molecule has 86 valence electrons. The molecular formula is C8H6ClN7S. The Morgan fingerprint density at radius 3 is 3.06 bits per heavy atom. The van der Waals surface area contributed by atoms with Gasteiger partial charge in [0.25, 0.3) is 0 Å². The Bertz CT molecular complexity index is 675. The molecule has 0 aliphatic carbocycles. The topological polar surface area (TPSA) is 85.2 Å². The maximum absolute atomic E-state index is 5.83. The molecule has 3 rings (SSSR count). The molecule has 0 fully saturated rings. The molecule has 3 heterocycles. The fraction of sp³-hybridized carbons (Fsp3) is 0.125. The van der Waals surface area contributed by atoms with E-state index in [2.05, 4.69) is 30.1 Å². The first-order chi connectivity index (χ1) is 8.24. The summed E-state index contributed by atoms with van der Waals surface area (Å²) in [7, 11) is 1.86. The molecule has 0 bridgehead atoms. The third-order valence-electron chi connectivity index (χ3n) is 2.08. The van der Waals surface area contributed by atoms with Crippen LogP contribution in [0.5, 0.6) is 0 Å². The first-order valence-corrected chi connectivity index (χ1v) is 5.82. The van der Waals surface area contributed by atoms with Crippen LogP contribution < -0.4 is 0 Å². The number of aryl methyl sites for hydroxylation is 1. The summed E-state index contributed by atoms with van der Waals surface area (Å²) in [4.78, 5) is 15.2. The largest absolute Gasteiger partial charge is 0.341 e. The lowest BCUT2D eigenvalue weighted by atomic mass is 10.6. The SMILES string of the molecule is Cn1cnnc1Sc1nc(Cl)nc2nc[nH]c12. The lowest BCUT2D eigenvalue weighted by molar-refractivity contribution is 0.787. The van der Waals surface area contributed by atoms with E-state index in [1.807, 2.05) is 7.05 Å². The van der Waals surface area contributed by atoms with Crippen molar-refractivity contribution in [3.63, 3.8) is 0 Å². The van der Waals surface area contributed by atoms with E-state index < -0.39 is 0 Å². The van der Waals surface area contributed by atoms with E-state index in [1.54, 1.807) is 17.2 Å². The molecule has 0 aliphatic heterocycles. The third kappa shape index (κ3) is 1.85. The van der Waals surface area contributed by atoms with Gasteiger partial charge in [-0.05, 0) is 23.4 Å². The molecule has 0 radical (unpaired) electrons. The first kappa shape index (κ1) is 10.5. The number of fused-ring (bicyclic) bond motifs is 1. The molecule has 0 saturated heterocycles. The molecule has 17 heavy (non-hydrogen) atoms. The van der Waals surface area contributed by atoms with Crippen LogP contribution in [0.2, 0.25) is 5.28 Å². The summed E-state index contributed by atoms with van der Waals surface area (Å²) in [5.41, 5.74) is 1.28. The monoisotopic (exact) mass is 267 g/mol. The van der Waals surface area contributed by atoms with Crippen LogP contribution in [-0.2, 0) is 7.05 Å². The van der Waals surface area contributed by atoms with E-state index in [9.17, 15) is 0 Å². The Kier molecular flexibility index (Phi) is 2.45. The smallest absolute Gasteiger partial charge is 0.225 e. The fourth-order valence-corrected chi connectivity index (χ4v) is 2.36. The Morgan fingerprint density at radius 2 is 2.29 bits per heavy atom. The number of rotatable bonds is 2. The number of hydrogen-bond acceptors (Lipinski definition) is 6. The number of imidazole rings is 1. The molecule has 3 aromatic rings. The molecule has 7 nitrogen and oxygen atoms in total. The van der Waals surface area contributed by atoms with Crippen molar-refractivity contribution in [2.45, 2.75) is 10.2 Å². The van der Waals surface area contributed by atoms with Gasteiger partial charge in [-0.15, -0.1) is 10.2 Å². The average molecular weight is 268 g/mol. The summed E-state index contributed by atoms with van der Waals surface area (Å²) in [5.74, 6) is 0. The van der Waals surface area contributed by atoms with Gasteiger partial charge in [0.2, 0.25) is 5.28 Å². The quantitative estimate of drug-likeness (QED) is 0.556. The number of nitrogens with zero attached hydrogens (tertiary/aromatic N) is 6. The highest BCUT2D eigenvalue weighted by atomic mass is 35.5. The minimum absolute atomic E-state index is 0.161. The normalized spacial score (nSPS) is 11.2. The van der Waals surface area contributed by atoms with Crippen LogP contribution in [0.3, 0.4) is 0 Å². The lowest BCUT2D eigenvalue weighted by Crippen LogP contribution is -1.92. The number of nitrogens with one attached hydrogen (secondary N) is 1. The van der Waals surface area contributed by atoms with Crippen molar-refractivity contribution in [1.29, 1.82) is 0 Å². The van der Waals surface area contributed by atoms with E-state index in [4.69, 9.17) is 11.6 Å². The number of halogens is 1. The summed E-state index contributed by atoms with van der Waals surface area (Å²) < 4.78 is 1.79. The van der Waals surface area contributed by atoms with Gasteiger partial charge in [0.05, 0.1) is 6.33 Å². The number of hydrogen-bond donors (Lipinski definition) is 1. The zero-order valence-corrected chi connectivity index (χ0v) is 10.2. The Morgan fingerprint density at radius 1 is 1.41 bits per heavy atom. The zero-order valence-electron chi connectivity index (χ0n) is 8.62. The number of H-pyrrole nitrogens is 1. The standard InChI is InChI=1S/C8H6ClN7S/c1-16-3-12-15-8(16)17-6-4-5(11-2-10-4)13-7(9)14-6/h2-3H,1H3,(H,10,11,13,14). The molecular weight excluding hydrogens is 262 g/mol. The van der Waals surface area contributed by atoms with Gasteiger partial charge in [-0.1, -0.05) is 0 Å². The fourth-order valence-electron chi connectivity index (χ4n) is 1.31. The number of aromatic nitrogens is 7. The average Bonchev–Trinajstić information content (AvgIpc) is 2.88. The van der Waals surface area contributed by atoms with Crippen LogP contribution in [-0.4, -0.2) is 34.7 Å². The minimum atomic E-state index is 0.161. The summed E-state index contributed by atoms with van der Waals surface area (Å²) in [5, 5.41) is 9.32.